The van der Waals surface area contributed by atoms with Crippen molar-refractivity contribution < 1.29 is 8.42 Å². The maximum Gasteiger partial charge on any atom is 0.242 e. The van der Waals surface area contributed by atoms with E-state index in [9.17, 15) is 8.42 Å². The van der Waals surface area contributed by atoms with E-state index in [2.05, 4.69) is 6.92 Å². The molecule has 0 aromatic rings. The topological polar surface area (TPSA) is 37.4 Å². The molecule has 0 aliphatic heterocycles. The fraction of sp³-hybridized carbons (Fsp3) is 0.600. The third-order valence-corrected chi connectivity index (χ3v) is 4.43. The van der Waals surface area contributed by atoms with Gasteiger partial charge in [-0.1, -0.05) is 26.0 Å². The molecule has 80 valence electrons. The summed E-state index contributed by atoms with van der Waals surface area (Å²) >= 11 is 0. The zero-order valence-corrected chi connectivity index (χ0v) is 9.88. The molecule has 1 rings (SSSR count). The van der Waals surface area contributed by atoms with E-state index in [4.69, 9.17) is 0 Å². The predicted octanol–water partition coefficient (Wildman–Crippen LogP) is 1.60. The van der Waals surface area contributed by atoms with Crippen molar-refractivity contribution in [3.05, 3.63) is 23.1 Å². The van der Waals surface area contributed by atoms with Gasteiger partial charge in [0.05, 0.1) is 4.91 Å². The third-order valence-electron chi connectivity index (χ3n) is 2.60. The molecule has 0 spiro atoms. The van der Waals surface area contributed by atoms with E-state index in [1.807, 2.05) is 19.1 Å². The molecular formula is C10H17NO2S. The Kier molecular flexibility index (Phi) is 3.17. The lowest BCUT2D eigenvalue weighted by atomic mass is 9.92. The number of hydrogen-bond acceptors (Lipinski definition) is 2. The molecule has 0 saturated heterocycles. The molecule has 0 amide bonds. The van der Waals surface area contributed by atoms with Crippen molar-refractivity contribution in [3.63, 3.8) is 0 Å². The second-order valence-electron chi connectivity index (χ2n) is 3.93. The summed E-state index contributed by atoms with van der Waals surface area (Å²) in [4.78, 5) is 0.410. The van der Waals surface area contributed by atoms with Gasteiger partial charge in [0.2, 0.25) is 10.0 Å². The Labute approximate surface area is 86.2 Å². The zero-order chi connectivity index (χ0) is 10.9. The molecule has 14 heavy (non-hydrogen) atoms. The van der Waals surface area contributed by atoms with Crippen LogP contribution < -0.4 is 0 Å². The Morgan fingerprint density at radius 3 is 2.21 bits per heavy atom. The first-order chi connectivity index (χ1) is 6.35. The minimum Gasteiger partial charge on any atom is -0.207 e. The number of hydrogen-bond donors (Lipinski definition) is 0. The molecular weight excluding hydrogens is 198 g/mol. The van der Waals surface area contributed by atoms with E-state index in [1.165, 1.54) is 4.31 Å². The van der Waals surface area contributed by atoms with Crippen LogP contribution in [-0.2, 0) is 10.0 Å². The molecule has 0 aromatic carbocycles. The quantitative estimate of drug-likeness (QED) is 0.701. The van der Waals surface area contributed by atoms with E-state index < -0.39 is 10.0 Å². The molecule has 0 N–H and O–H groups in total. The molecule has 1 aliphatic carbocycles. The van der Waals surface area contributed by atoms with Crippen molar-refractivity contribution in [3.8, 4) is 0 Å². The van der Waals surface area contributed by atoms with E-state index in [0.29, 0.717) is 10.8 Å². The summed E-state index contributed by atoms with van der Waals surface area (Å²) < 4.78 is 24.7. The predicted molar refractivity (Wildman–Crippen MR) is 58.2 cm³/mol. The molecule has 0 fully saturated rings. The minimum atomic E-state index is -3.25. The zero-order valence-electron chi connectivity index (χ0n) is 9.06. The van der Waals surface area contributed by atoms with Gasteiger partial charge in [0.1, 0.15) is 0 Å². The summed E-state index contributed by atoms with van der Waals surface area (Å²) in [5, 5.41) is 0. The second-order valence-corrected chi connectivity index (χ2v) is 6.09. The Balaban J connectivity index is 3.03. The molecule has 2 atom stereocenters. The number of nitrogens with zero attached hydrogens (tertiary/aromatic N) is 1. The highest BCUT2D eigenvalue weighted by atomic mass is 32.2. The van der Waals surface area contributed by atoms with Gasteiger partial charge in [-0.15, -0.1) is 0 Å². The fourth-order valence-electron chi connectivity index (χ4n) is 1.27. The average Bonchev–Trinajstić information content (AvgIpc) is 2.09. The van der Waals surface area contributed by atoms with Crippen LogP contribution in [0.15, 0.2) is 23.1 Å². The first-order valence-electron chi connectivity index (χ1n) is 4.68. The second kappa shape index (κ2) is 3.87. The number of sulfonamides is 1. The first-order valence-corrected chi connectivity index (χ1v) is 6.12. The van der Waals surface area contributed by atoms with Gasteiger partial charge in [-0.2, -0.15) is 0 Å². The van der Waals surface area contributed by atoms with Crippen LogP contribution in [-0.4, -0.2) is 26.8 Å². The fourth-order valence-corrected chi connectivity index (χ4v) is 2.33. The van der Waals surface area contributed by atoms with Crippen LogP contribution >= 0.6 is 0 Å². The van der Waals surface area contributed by atoms with Gasteiger partial charge in [0.15, 0.2) is 0 Å². The Bertz CT molecular complexity index is 366. The Morgan fingerprint density at radius 1 is 1.21 bits per heavy atom. The van der Waals surface area contributed by atoms with Crippen molar-refractivity contribution in [1.82, 2.24) is 4.31 Å². The van der Waals surface area contributed by atoms with Crippen molar-refractivity contribution in [1.29, 1.82) is 0 Å². The molecule has 0 unspecified atom stereocenters. The lowest BCUT2D eigenvalue weighted by Gasteiger charge is -2.20. The standard InChI is InChI=1S/C10H17NO2S/c1-8-5-6-10(7-9(8)2)14(12,13)11(3)4/h5-9H,1-4H3/t8-,9+/m0/s1. The largest absolute Gasteiger partial charge is 0.242 e. The minimum absolute atomic E-state index is 0.282. The lowest BCUT2D eigenvalue weighted by Crippen LogP contribution is -2.25. The highest BCUT2D eigenvalue weighted by Crippen LogP contribution is 2.25. The van der Waals surface area contributed by atoms with Crippen molar-refractivity contribution >= 4 is 10.0 Å². The van der Waals surface area contributed by atoms with Crippen LogP contribution in [0.3, 0.4) is 0 Å². The van der Waals surface area contributed by atoms with Gasteiger partial charge in [0.25, 0.3) is 0 Å². The summed E-state index contributed by atoms with van der Waals surface area (Å²) in [5.74, 6) is 0.695. The van der Waals surface area contributed by atoms with Gasteiger partial charge in [-0.3, -0.25) is 0 Å². The van der Waals surface area contributed by atoms with Crippen LogP contribution in [0.5, 0.6) is 0 Å². The SMILES string of the molecule is C[C@@H]1C=C(S(=O)(=O)N(C)C)C=C[C@@H]1C. The van der Waals surface area contributed by atoms with Gasteiger partial charge >= 0.3 is 0 Å². The van der Waals surface area contributed by atoms with Gasteiger partial charge in [0, 0.05) is 14.1 Å². The normalized spacial score (nSPS) is 27.9. The smallest absolute Gasteiger partial charge is 0.207 e. The maximum atomic E-state index is 11.7. The average molecular weight is 215 g/mol. The Hall–Kier alpha value is -0.610. The van der Waals surface area contributed by atoms with E-state index >= 15 is 0 Å². The highest BCUT2D eigenvalue weighted by molar-refractivity contribution is 7.93. The molecule has 3 nitrogen and oxygen atoms in total. The molecule has 4 heteroatoms. The Morgan fingerprint density at radius 2 is 1.79 bits per heavy atom. The first kappa shape index (κ1) is 11.5. The monoisotopic (exact) mass is 215 g/mol. The maximum absolute atomic E-state index is 11.7. The summed E-state index contributed by atoms with van der Waals surface area (Å²) in [7, 11) is -0.152. The molecule has 0 bridgehead atoms. The van der Waals surface area contributed by atoms with Gasteiger partial charge in [-0.25, -0.2) is 12.7 Å². The molecule has 0 radical (unpaired) electrons. The summed E-state index contributed by atoms with van der Waals surface area (Å²) in [6.45, 7) is 4.11. The van der Waals surface area contributed by atoms with Crippen LogP contribution in [0.25, 0.3) is 0 Å². The van der Waals surface area contributed by atoms with E-state index in [1.54, 1.807) is 20.2 Å². The number of allylic oxidation sites excluding steroid dienone is 3. The van der Waals surface area contributed by atoms with Crippen LogP contribution in [0, 0.1) is 11.8 Å². The van der Waals surface area contributed by atoms with Crippen LogP contribution in [0.4, 0.5) is 0 Å². The van der Waals surface area contributed by atoms with E-state index in [0.717, 1.165) is 0 Å². The molecule has 1 aliphatic rings. The molecule has 0 saturated carbocycles. The molecule has 0 heterocycles. The van der Waals surface area contributed by atoms with Gasteiger partial charge in [-0.05, 0) is 17.9 Å². The molecule has 0 aromatic heterocycles. The van der Waals surface area contributed by atoms with Crippen molar-refractivity contribution in [2.24, 2.45) is 11.8 Å². The summed E-state index contributed by atoms with van der Waals surface area (Å²) in [5.41, 5.74) is 0. The summed E-state index contributed by atoms with van der Waals surface area (Å²) in [6, 6.07) is 0. The van der Waals surface area contributed by atoms with Crippen LogP contribution in [0.2, 0.25) is 0 Å². The van der Waals surface area contributed by atoms with Crippen LogP contribution in [0.1, 0.15) is 13.8 Å². The highest BCUT2D eigenvalue weighted by Gasteiger charge is 2.22. The lowest BCUT2D eigenvalue weighted by molar-refractivity contribution is 0.521. The van der Waals surface area contributed by atoms with Crippen molar-refractivity contribution in [2.75, 3.05) is 14.1 Å². The van der Waals surface area contributed by atoms with E-state index in [-0.39, 0.29) is 5.92 Å². The van der Waals surface area contributed by atoms with Crippen molar-refractivity contribution in [2.45, 2.75) is 13.8 Å². The van der Waals surface area contributed by atoms with Gasteiger partial charge < -0.3 is 0 Å². The third kappa shape index (κ3) is 2.07. The summed E-state index contributed by atoms with van der Waals surface area (Å²) in [6.07, 6.45) is 5.46. The number of rotatable bonds is 2.